The number of aliphatic carboxylic acids is 1. The molecule has 1 fully saturated rings. The lowest BCUT2D eigenvalue weighted by molar-refractivity contribution is -0.145. The van der Waals surface area contributed by atoms with Gasteiger partial charge in [0, 0.05) is 0 Å². The van der Waals surface area contributed by atoms with Gasteiger partial charge in [-0.25, -0.2) is 4.39 Å². The second kappa shape index (κ2) is 6.57. The Hall–Kier alpha value is -1.09. The second-order valence-corrected chi connectivity index (χ2v) is 6.12. The molecule has 0 saturated heterocycles. The van der Waals surface area contributed by atoms with E-state index in [2.05, 4.69) is 6.92 Å². The Morgan fingerprint density at radius 2 is 2.20 bits per heavy atom. The molecule has 1 N–H and O–H groups in total. The van der Waals surface area contributed by atoms with Gasteiger partial charge in [-0.1, -0.05) is 37.1 Å². The van der Waals surface area contributed by atoms with Crippen LogP contribution in [0.25, 0.3) is 0 Å². The predicted octanol–water partition coefficient (Wildman–Crippen LogP) is 4.55. The molecule has 2 nitrogen and oxygen atoms in total. The summed E-state index contributed by atoms with van der Waals surface area (Å²) < 4.78 is 14.0. The minimum absolute atomic E-state index is 0.000772. The molecule has 3 unspecified atom stereocenters. The predicted molar refractivity (Wildman–Crippen MR) is 77.4 cm³/mol. The molecule has 0 radical (unpaired) electrons. The number of hydrogen-bond acceptors (Lipinski definition) is 1. The summed E-state index contributed by atoms with van der Waals surface area (Å²) in [6.45, 7) is 2.13. The molecule has 20 heavy (non-hydrogen) atoms. The summed E-state index contributed by atoms with van der Waals surface area (Å²) in [5.74, 6) is -0.975. The van der Waals surface area contributed by atoms with Crippen LogP contribution < -0.4 is 0 Å². The van der Waals surface area contributed by atoms with Crippen LogP contribution in [-0.2, 0) is 11.2 Å². The third-order valence-corrected chi connectivity index (χ3v) is 4.79. The minimum Gasteiger partial charge on any atom is -0.481 e. The van der Waals surface area contributed by atoms with Crippen molar-refractivity contribution >= 4 is 17.6 Å². The highest BCUT2D eigenvalue weighted by Gasteiger charge is 2.34. The highest BCUT2D eigenvalue weighted by molar-refractivity contribution is 6.30. The first kappa shape index (κ1) is 15.3. The van der Waals surface area contributed by atoms with Crippen molar-refractivity contribution in [3.05, 3.63) is 34.6 Å². The number of carboxylic acids is 1. The van der Waals surface area contributed by atoms with E-state index in [4.69, 9.17) is 11.6 Å². The van der Waals surface area contributed by atoms with Gasteiger partial charge in [0.05, 0.1) is 10.9 Å². The number of rotatable bonds is 4. The molecule has 4 heteroatoms. The zero-order valence-corrected chi connectivity index (χ0v) is 12.4. The summed E-state index contributed by atoms with van der Waals surface area (Å²) in [5, 5.41) is 9.46. The van der Waals surface area contributed by atoms with Crippen LogP contribution in [-0.4, -0.2) is 11.1 Å². The van der Waals surface area contributed by atoms with Gasteiger partial charge < -0.3 is 5.11 Å². The van der Waals surface area contributed by atoms with Crippen molar-refractivity contribution in [2.24, 2.45) is 17.8 Å². The summed E-state index contributed by atoms with van der Waals surface area (Å²) >= 11 is 5.80. The molecule has 0 aliphatic heterocycles. The Bertz CT molecular complexity index is 489. The van der Waals surface area contributed by atoms with Crippen LogP contribution >= 0.6 is 11.6 Å². The molecule has 1 aromatic rings. The van der Waals surface area contributed by atoms with Crippen molar-refractivity contribution in [2.45, 2.75) is 39.0 Å². The lowest BCUT2D eigenvalue weighted by Gasteiger charge is -2.33. The molecule has 3 atom stereocenters. The Balaban J connectivity index is 2.18. The molecule has 0 aromatic heterocycles. The van der Waals surface area contributed by atoms with Gasteiger partial charge in [-0.2, -0.15) is 0 Å². The van der Waals surface area contributed by atoms with E-state index in [1.807, 2.05) is 0 Å². The van der Waals surface area contributed by atoms with E-state index >= 15 is 0 Å². The van der Waals surface area contributed by atoms with Crippen LogP contribution in [0.2, 0.25) is 5.02 Å². The van der Waals surface area contributed by atoms with Crippen molar-refractivity contribution in [1.29, 1.82) is 0 Å². The van der Waals surface area contributed by atoms with Crippen molar-refractivity contribution in [1.82, 2.24) is 0 Å². The maximum atomic E-state index is 14.0. The van der Waals surface area contributed by atoms with Gasteiger partial charge >= 0.3 is 5.97 Å². The van der Waals surface area contributed by atoms with E-state index in [1.165, 1.54) is 6.07 Å². The largest absolute Gasteiger partial charge is 0.481 e. The van der Waals surface area contributed by atoms with Crippen molar-refractivity contribution < 1.29 is 14.3 Å². The fourth-order valence-corrected chi connectivity index (χ4v) is 3.47. The fourth-order valence-electron chi connectivity index (χ4n) is 3.27. The number of carboxylic acid groups (broad SMARTS) is 1. The van der Waals surface area contributed by atoms with E-state index < -0.39 is 11.8 Å². The van der Waals surface area contributed by atoms with Crippen LogP contribution in [0.15, 0.2) is 18.2 Å². The van der Waals surface area contributed by atoms with E-state index in [0.717, 1.165) is 19.3 Å². The molecule has 1 saturated carbocycles. The lowest BCUT2D eigenvalue weighted by atomic mass is 9.71. The Morgan fingerprint density at radius 1 is 1.45 bits per heavy atom. The number of benzene rings is 1. The van der Waals surface area contributed by atoms with Crippen LogP contribution in [0.1, 0.15) is 38.2 Å². The van der Waals surface area contributed by atoms with Crippen LogP contribution in [0.5, 0.6) is 0 Å². The molecule has 1 aliphatic rings. The number of carbonyl (C=O) groups is 1. The van der Waals surface area contributed by atoms with Crippen molar-refractivity contribution in [2.75, 3.05) is 0 Å². The summed E-state index contributed by atoms with van der Waals surface area (Å²) in [4.78, 5) is 11.4. The normalized spacial score (nSPS) is 26.4. The molecular weight excluding hydrogens is 279 g/mol. The van der Waals surface area contributed by atoms with Crippen molar-refractivity contribution in [3.63, 3.8) is 0 Å². The average Bonchev–Trinajstić information content (AvgIpc) is 2.43. The van der Waals surface area contributed by atoms with Gasteiger partial charge in [0.25, 0.3) is 0 Å². The molecular formula is C16H20ClFO2. The number of hydrogen-bond donors (Lipinski definition) is 1. The van der Waals surface area contributed by atoms with Crippen LogP contribution in [0.4, 0.5) is 4.39 Å². The first-order chi connectivity index (χ1) is 9.52. The Labute approximate surface area is 123 Å². The lowest BCUT2D eigenvalue weighted by Crippen LogP contribution is -2.32. The zero-order chi connectivity index (χ0) is 14.7. The standard InChI is InChI=1S/C16H20ClFO2/c1-2-10-6-7-13(16(19)20)12(8-10)9-11-4-3-5-14(17)15(11)18/h3-5,10,12-13H,2,6-9H2,1H3,(H,19,20). The summed E-state index contributed by atoms with van der Waals surface area (Å²) in [6, 6.07) is 4.94. The second-order valence-electron chi connectivity index (χ2n) is 5.71. The van der Waals surface area contributed by atoms with Crippen LogP contribution in [0, 0.1) is 23.6 Å². The third-order valence-electron chi connectivity index (χ3n) is 4.50. The van der Waals surface area contributed by atoms with Gasteiger partial charge in [0.1, 0.15) is 5.82 Å². The fraction of sp³-hybridized carbons (Fsp3) is 0.562. The van der Waals surface area contributed by atoms with Gasteiger partial charge in [0.2, 0.25) is 0 Å². The summed E-state index contributed by atoms with van der Waals surface area (Å²) in [5.41, 5.74) is 0.533. The molecule has 1 aliphatic carbocycles. The van der Waals surface area contributed by atoms with E-state index in [1.54, 1.807) is 12.1 Å². The van der Waals surface area contributed by atoms with E-state index in [-0.39, 0.29) is 16.9 Å². The summed E-state index contributed by atoms with van der Waals surface area (Å²) in [7, 11) is 0. The van der Waals surface area contributed by atoms with Gasteiger partial charge in [0.15, 0.2) is 0 Å². The third kappa shape index (κ3) is 3.32. The zero-order valence-electron chi connectivity index (χ0n) is 11.6. The SMILES string of the molecule is CCC1CCC(C(=O)O)C(Cc2cccc(Cl)c2F)C1. The van der Waals surface area contributed by atoms with Gasteiger partial charge in [-0.05, 0) is 49.1 Å². The van der Waals surface area contributed by atoms with E-state index in [0.29, 0.717) is 24.3 Å². The molecule has 0 heterocycles. The molecule has 2 rings (SSSR count). The smallest absolute Gasteiger partial charge is 0.306 e. The Morgan fingerprint density at radius 3 is 2.85 bits per heavy atom. The maximum Gasteiger partial charge on any atom is 0.306 e. The first-order valence-electron chi connectivity index (χ1n) is 7.18. The quantitative estimate of drug-likeness (QED) is 0.885. The summed E-state index contributed by atoms with van der Waals surface area (Å²) in [6.07, 6.45) is 4.03. The molecule has 1 aromatic carbocycles. The molecule has 0 bridgehead atoms. The first-order valence-corrected chi connectivity index (χ1v) is 7.56. The monoisotopic (exact) mass is 298 g/mol. The van der Waals surface area contributed by atoms with Gasteiger partial charge in [-0.15, -0.1) is 0 Å². The molecule has 110 valence electrons. The van der Waals surface area contributed by atoms with Crippen LogP contribution in [0.3, 0.4) is 0 Å². The minimum atomic E-state index is -0.757. The average molecular weight is 299 g/mol. The molecule has 0 spiro atoms. The Kier molecular flexibility index (Phi) is 5.03. The number of halogens is 2. The highest BCUT2D eigenvalue weighted by atomic mass is 35.5. The topological polar surface area (TPSA) is 37.3 Å². The highest BCUT2D eigenvalue weighted by Crippen LogP contribution is 2.38. The maximum absolute atomic E-state index is 14.0. The van der Waals surface area contributed by atoms with Crippen molar-refractivity contribution in [3.8, 4) is 0 Å². The van der Waals surface area contributed by atoms with Gasteiger partial charge in [-0.3, -0.25) is 4.79 Å². The molecule has 0 amide bonds. The van der Waals surface area contributed by atoms with E-state index in [9.17, 15) is 14.3 Å².